The summed E-state index contributed by atoms with van der Waals surface area (Å²) in [5, 5.41) is 7.81. The molecule has 0 spiro atoms. The Morgan fingerprint density at radius 2 is 0.947 bits per heavy atom. The fraction of sp³-hybridized carbons (Fsp3) is 0. The van der Waals surface area contributed by atoms with Crippen molar-refractivity contribution in [1.82, 2.24) is 0 Å². The van der Waals surface area contributed by atoms with E-state index in [1.807, 2.05) is 12.1 Å². The van der Waals surface area contributed by atoms with Gasteiger partial charge in [0.25, 0.3) is 0 Å². The fourth-order valence-corrected chi connectivity index (χ4v) is 6.79. The van der Waals surface area contributed by atoms with E-state index in [2.05, 4.69) is 121 Å². The molecule has 0 saturated heterocycles. The molecule has 0 N–H and O–H groups in total. The Morgan fingerprint density at radius 3 is 1.68 bits per heavy atom. The largest absolute Gasteiger partial charge is 0.455 e. The minimum atomic E-state index is 0.920. The van der Waals surface area contributed by atoms with Crippen LogP contribution in [0.1, 0.15) is 0 Å². The van der Waals surface area contributed by atoms with Crippen LogP contribution in [0.2, 0.25) is 0 Å². The van der Waals surface area contributed by atoms with E-state index in [1.54, 1.807) is 11.8 Å². The van der Waals surface area contributed by atoms with Gasteiger partial charge in [-0.05, 0) is 78.8 Å². The molecule has 0 atom stereocenters. The Labute approximate surface area is 225 Å². The van der Waals surface area contributed by atoms with Crippen molar-refractivity contribution in [2.75, 3.05) is 0 Å². The van der Waals surface area contributed by atoms with E-state index in [0.717, 1.165) is 16.4 Å². The Bertz CT molecular complexity index is 1990. The number of hydrogen-bond donors (Lipinski definition) is 0. The van der Waals surface area contributed by atoms with Crippen molar-refractivity contribution < 1.29 is 4.74 Å². The molecule has 2 heteroatoms. The maximum atomic E-state index is 6.22. The van der Waals surface area contributed by atoms with Crippen LogP contribution in [0.4, 0.5) is 0 Å². The summed E-state index contributed by atoms with van der Waals surface area (Å²) in [6, 6.07) is 47.9. The molecule has 0 saturated carbocycles. The molecular weight excluding hydrogens is 480 g/mol. The van der Waals surface area contributed by atoms with Crippen molar-refractivity contribution in [2.24, 2.45) is 0 Å². The van der Waals surface area contributed by atoms with Gasteiger partial charge in [0.05, 0.1) is 9.79 Å². The molecule has 8 rings (SSSR count). The maximum absolute atomic E-state index is 6.22. The van der Waals surface area contributed by atoms with Crippen molar-refractivity contribution in [3.63, 3.8) is 0 Å². The lowest BCUT2D eigenvalue weighted by Crippen LogP contribution is -1.96. The molecule has 178 valence electrons. The minimum absolute atomic E-state index is 0.920. The summed E-state index contributed by atoms with van der Waals surface area (Å²) < 4.78 is 6.22. The third-order valence-electron chi connectivity index (χ3n) is 7.53. The van der Waals surface area contributed by atoms with Gasteiger partial charge in [-0.3, -0.25) is 0 Å². The Morgan fingerprint density at radius 1 is 0.395 bits per heavy atom. The Hall–Kier alpha value is -4.53. The zero-order valence-electron chi connectivity index (χ0n) is 20.5. The summed E-state index contributed by atoms with van der Waals surface area (Å²) in [6.07, 6.45) is 0. The van der Waals surface area contributed by atoms with E-state index < -0.39 is 0 Å². The van der Waals surface area contributed by atoms with Crippen LogP contribution >= 0.6 is 11.8 Å². The van der Waals surface area contributed by atoms with Crippen LogP contribution in [0.25, 0.3) is 54.6 Å². The highest BCUT2D eigenvalue weighted by molar-refractivity contribution is 7.99. The molecule has 0 aromatic heterocycles. The predicted octanol–water partition coefficient (Wildman–Crippen LogP) is 10.7. The van der Waals surface area contributed by atoms with Crippen LogP contribution in [-0.4, -0.2) is 0 Å². The highest BCUT2D eigenvalue weighted by atomic mass is 32.2. The van der Waals surface area contributed by atoms with Crippen molar-refractivity contribution in [1.29, 1.82) is 0 Å². The lowest BCUT2D eigenvalue weighted by atomic mass is 9.92. The van der Waals surface area contributed by atoms with E-state index in [0.29, 0.717) is 0 Å². The van der Waals surface area contributed by atoms with Crippen LogP contribution in [0, 0.1) is 0 Å². The van der Waals surface area contributed by atoms with Gasteiger partial charge in [0, 0.05) is 0 Å². The summed E-state index contributed by atoms with van der Waals surface area (Å²) in [5.74, 6) is 1.85. The normalized spacial score (nSPS) is 12.3. The zero-order valence-corrected chi connectivity index (χ0v) is 21.3. The van der Waals surface area contributed by atoms with Crippen LogP contribution in [0.3, 0.4) is 0 Å². The quantitative estimate of drug-likeness (QED) is 0.217. The van der Waals surface area contributed by atoms with Crippen LogP contribution in [-0.2, 0) is 0 Å². The molecule has 38 heavy (non-hydrogen) atoms. The second-order valence-electron chi connectivity index (χ2n) is 9.71. The molecular formula is C36H22OS. The van der Waals surface area contributed by atoms with E-state index in [9.17, 15) is 0 Å². The number of rotatable bonds is 2. The Kier molecular flexibility index (Phi) is 4.83. The summed E-state index contributed by atoms with van der Waals surface area (Å²) in [7, 11) is 0. The monoisotopic (exact) mass is 502 g/mol. The topological polar surface area (TPSA) is 9.23 Å². The van der Waals surface area contributed by atoms with Gasteiger partial charge in [-0.15, -0.1) is 0 Å². The second kappa shape index (κ2) is 8.51. The standard InChI is InChI=1S/C36H22OS/c1-2-10-29-27(8-1)28-9-3-4-11-30(28)32-22-25(20-21-31(29)32)23-16-18-24(19-17-23)26-12-7-14-34-36(26)38-35-15-6-5-13-33(35)37-34/h1-22H. The van der Waals surface area contributed by atoms with Crippen molar-refractivity contribution in [3.8, 4) is 33.8 Å². The summed E-state index contributed by atoms with van der Waals surface area (Å²) in [5.41, 5.74) is 4.83. The first-order chi connectivity index (χ1) is 18.8. The smallest absolute Gasteiger partial charge is 0.142 e. The van der Waals surface area contributed by atoms with E-state index in [1.165, 1.54) is 59.5 Å². The lowest BCUT2D eigenvalue weighted by Gasteiger charge is -2.22. The van der Waals surface area contributed by atoms with Crippen molar-refractivity contribution in [3.05, 3.63) is 133 Å². The molecule has 1 aliphatic rings. The average molecular weight is 503 g/mol. The predicted molar refractivity (Wildman–Crippen MR) is 160 cm³/mol. The van der Waals surface area contributed by atoms with Crippen LogP contribution < -0.4 is 4.74 Å². The van der Waals surface area contributed by atoms with Crippen molar-refractivity contribution in [2.45, 2.75) is 9.79 Å². The fourth-order valence-electron chi connectivity index (χ4n) is 5.71. The molecule has 0 amide bonds. The van der Waals surface area contributed by atoms with Gasteiger partial charge in [0.15, 0.2) is 0 Å². The van der Waals surface area contributed by atoms with E-state index >= 15 is 0 Å². The first kappa shape index (κ1) is 21.5. The first-order valence-corrected chi connectivity index (χ1v) is 13.7. The molecule has 0 fully saturated rings. The van der Waals surface area contributed by atoms with E-state index in [4.69, 9.17) is 4.74 Å². The molecule has 0 unspecified atom stereocenters. The highest BCUT2D eigenvalue weighted by Crippen LogP contribution is 2.50. The number of para-hydroxylation sites is 1. The molecule has 7 aromatic rings. The van der Waals surface area contributed by atoms with Crippen LogP contribution in [0.15, 0.2) is 143 Å². The average Bonchev–Trinajstić information content (AvgIpc) is 3.00. The van der Waals surface area contributed by atoms with Gasteiger partial charge >= 0.3 is 0 Å². The maximum Gasteiger partial charge on any atom is 0.142 e. The number of benzene rings is 7. The van der Waals surface area contributed by atoms with Gasteiger partial charge in [-0.1, -0.05) is 121 Å². The SMILES string of the molecule is c1ccc2c(c1)Oc1cccc(-c3ccc(-c4ccc5c6ccccc6c6ccccc6c5c4)cc3)c1S2. The van der Waals surface area contributed by atoms with Crippen molar-refractivity contribution >= 4 is 44.1 Å². The first-order valence-electron chi connectivity index (χ1n) is 12.9. The number of fused-ring (bicyclic) bond motifs is 8. The Balaban J connectivity index is 1.22. The third-order valence-corrected chi connectivity index (χ3v) is 8.72. The van der Waals surface area contributed by atoms with Gasteiger partial charge in [0.2, 0.25) is 0 Å². The van der Waals surface area contributed by atoms with Gasteiger partial charge < -0.3 is 4.74 Å². The number of ether oxygens (including phenoxy) is 1. The molecule has 1 heterocycles. The molecule has 0 bridgehead atoms. The molecule has 0 radical (unpaired) electrons. The molecule has 1 aliphatic heterocycles. The van der Waals surface area contributed by atoms with Crippen LogP contribution in [0.5, 0.6) is 11.5 Å². The van der Waals surface area contributed by atoms with E-state index in [-0.39, 0.29) is 0 Å². The van der Waals surface area contributed by atoms with Gasteiger partial charge in [-0.2, -0.15) is 0 Å². The van der Waals surface area contributed by atoms with Gasteiger partial charge in [-0.25, -0.2) is 0 Å². The highest BCUT2D eigenvalue weighted by Gasteiger charge is 2.21. The number of hydrogen-bond acceptors (Lipinski definition) is 2. The molecule has 1 nitrogen and oxygen atoms in total. The second-order valence-corrected chi connectivity index (χ2v) is 10.8. The summed E-state index contributed by atoms with van der Waals surface area (Å²) >= 11 is 1.78. The lowest BCUT2D eigenvalue weighted by molar-refractivity contribution is 0.455. The van der Waals surface area contributed by atoms with Gasteiger partial charge in [0.1, 0.15) is 11.5 Å². The minimum Gasteiger partial charge on any atom is -0.455 e. The zero-order chi connectivity index (χ0) is 25.1. The summed E-state index contributed by atoms with van der Waals surface area (Å²) in [6.45, 7) is 0. The third kappa shape index (κ3) is 3.34. The molecule has 7 aromatic carbocycles. The summed E-state index contributed by atoms with van der Waals surface area (Å²) in [4.78, 5) is 2.32. The molecule has 0 aliphatic carbocycles.